The number of aromatic hydroxyl groups is 1. The molecule has 0 amide bonds. The Morgan fingerprint density at radius 1 is 1.14 bits per heavy atom. The summed E-state index contributed by atoms with van der Waals surface area (Å²) in [4.78, 5) is 4.41. The van der Waals surface area contributed by atoms with Gasteiger partial charge in [0.15, 0.2) is 0 Å². The normalized spacial score (nSPS) is 12.7. The summed E-state index contributed by atoms with van der Waals surface area (Å²) in [7, 11) is 1.93. The van der Waals surface area contributed by atoms with Crippen LogP contribution in [0.1, 0.15) is 29.5 Å². The molecule has 0 radical (unpaired) electrons. The van der Waals surface area contributed by atoms with Gasteiger partial charge in [0, 0.05) is 7.05 Å². The fraction of sp³-hybridized carbons (Fsp3) is 0.278. The summed E-state index contributed by atoms with van der Waals surface area (Å²) in [5, 5.41) is 20.6. The zero-order valence-electron chi connectivity index (χ0n) is 12.8. The highest BCUT2D eigenvalue weighted by Gasteiger charge is 2.14. The first-order chi connectivity index (χ1) is 10.6. The van der Waals surface area contributed by atoms with Crippen molar-refractivity contribution in [3.63, 3.8) is 0 Å². The van der Waals surface area contributed by atoms with E-state index in [1.807, 2.05) is 61.0 Å². The molecule has 3 rings (SSSR count). The molecule has 2 N–H and O–H groups in total. The fourth-order valence-electron chi connectivity index (χ4n) is 2.74. The topological polar surface area (TPSA) is 58.3 Å². The van der Waals surface area contributed by atoms with Crippen molar-refractivity contribution < 1.29 is 10.2 Å². The second-order valence-electron chi connectivity index (χ2n) is 5.62. The predicted octanol–water partition coefficient (Wildman–Crippen LogP) is 3.25. The molecule has 3 aromatic rings. The summed E-state index contributed by atoms with van der Waals surface area (Å²) >= 11 is 0. The summed E-state index contributed by atoms with van der Waals surface area (Å²) in [5.41, 5.74) is 3.27. The number of phenols is 1. The van der Waals surface area contributed by atoms with Crippen LogP contribution in [0.2, 0.25) is 0 Å². The molecule has 0 saturated carbocycles. The molecule has 0 spiro atoms. The zero-order chi connectivity index (χ0) is 15.7. The van der Waals surface area contributed by atoms with Crippen LogP contribution in [0.25, 0.3) is 11.0 Å². The summed E-state index contributed by atoms with van der Waals surface area (Å²) in [5.74, 6) is 1.09. The smallest absolute Gasteiger partial charge is 0.146 e. The van der Waals surface area contributed by atoms with Crippen molar-refractivity contribution in [3.05, 3.63) is 59.4 Å². The van der Waals surface area contributed by atoms with Crippen LogP contribution in [0.4, 0.5) is 0 Å². The van der Waals surface area contributed by atoms with Gasteiger partial charge in [0.25, 0.3) is 0 Å². The van der Waals surface area contributed by atoms with Crippen LogP contribution in [0.3, 0.4) is 0 Å². The van der Waals surface area contributed by atoms with Gasteiger partial charge in [0.05, 0.1) is 11.6 Å². The minimum absolute atomic E-state index is 0.224. The van der Waals surface area contributed by atoms with E-state index in [2.05, 4.69) is 4.98 Å². The Hall–Kier alpha value is -2.33. The van der Waals surface area contributed by atoms with Gasteiger partial charge in [-0.25, -0.2) is 4.98 Å². The lowest BCUT2D eigenvalue weighted by molar-refractivity contribution is 0.167. The molecule has 2 aromatic carbocycles. The third-order valence-corrected chi connectivity index (χ3v) is 4.21. The Morgan fingerprint density at radius 3 is 2.59 bits per heavy atom. The van der Waals surface area contributed by atoms with Crippen LogP contribution in [0.5, 0.6) is 5.75 Å². The van der Waals surface area contributed by atoms with Crippen LogP contribution in [0.15, 0.2) is 42.5 Å². The van der Waals surface area contributed by atoms with E-state index < -0.39 is 6.10 Å². The zero-order valence-corrected chi connectivity index (χ0v) is 12.8. The molecule has 4 nitrogen and oxygen atoms in total. The Balaban J connectivity index is 1.81. The van der Waals surface area contributed by atoms with Crippen molar-refractivity contribution in [2.24, 2.45) is 7.05 Å². The average Bonchev–Trinajstić information content (AvgIpc) is 2.83. The number of aliphatic hydroxyl groups excluding tert-OH is 1. The summed E-state index contributed by atoms with van der Waals surface area (Å²) in [6.45, 7) is 1.91. The standard InChI is InChI=1S/C18H20N2O2/c1-12-19-17-15(20(12)2)10-8-14(18(17)22)9-11-16(21)13-6-4-3-5-7-13/h3-8,10,16,21-22H,9,11H2,1-2H3. The highest BCUT2D eigenvalue weighted by molar-refractivity contribution is 5.83. The van der Waals surface area contributed by atoms with E-state index in [1.165, 1.54) is 0 Å². The lowest BCUT2D eigenvalue weighted by atomic mass is 10.0. The second kappa shape index (κ2) is 5.81. The van der Waals surface area contributed by atoms with Crippen molar-refractivity contribution in [3.8, 4) is 5.75 Å². The van der Waals surface area contributed by atoms with Gasteiger partial charge in [-0.1, -0.05) is 36.4 Å². The molecule has 0 fully saturated rings. The van der Waals surface area contributed by atoms with E-state index in [4.69, 9.17) is 0 Å². The van der Waals surface area contributed by atoms with Crippen LogP contribution in [0, 0.1) is 6.92 Å². The quantitative estimate of drug-likeness (QED) is 0.777. The second-order valence-corrected chi connectivity index (χ2v) is 5.62. The Labute approximate surface area is 129 Å². The van der Waals surface area contributed by atoms with Gasteiger partial charge in [-0.05, 0) is 37.0 Å². The SMILES string of the molecule is Cc1nc2c(O)c(CCC(O)c3ccccc3)ccc2n1C. The van der Waals surface area contributed by atoms with Gasteiger partial charge >= 0.3 is 0 Å². The van der Waals surface area contributed by atoms with Crippen molar-refractivity contribution in [1.29, 1.82) is 0 Å². The molecular formula is C18H20N2O2. The highest BCUT2D eigenvalue weighted by Crippen LogP contribution is 2.30. The largest absolute Gasteiger partial charge is 0.505 e. The molecule has 1 atom stereocenters. The number of rotatable bonds is 4. The summed E-state index contributed by atoms with van der Waals surface area (Å²) < 4.78 is 1.96. The van der Waals surface area contributed by atoms with Crippen LogP contribution in [-0.4, -0.2) is 19.8 Å². The van der Waals surface area contributed by atoms with E-state index in [0.717, 1.165) is 22.5 Å². The van der Waals surface area contributed by atoms with Crippen molar-refractivity contribution in [2.75, 3.05) is 0 Å². The lowest BCUT2D eigenvalue weighted by Crippen LogP contribution is -1.99. The molecule has 0 bridgehead atoms. The van der Waals surface area contributed by atoms with Crippen molar-refractivity contribution >= 4 is 11.0 Å². The third-order valence-electron chi connectivity index (χ3n) is 4.21. The van der Waals surface area contributed by atoms with E-state index in [1.54, 1.807) is 0 Å². The molecular weight excluding hydrogens is 276 g/mol. The number of benzene rings is 2. The van der Waals surface area contributed by atoms with Crippen molar-refractivity contribution in [2.45, 2.75) is 25.9 Å². The van der Waals surface area contributed by atoms with Crippen LogP contribution < -0.4 is 0 Å². The van der Waals surface area contributed by atoms with E-state index >= 15 is 0 Å². The molecule has 0 aliphatic rings. The van der Waals surface area contributed by atoms with Gasteiger partial charge in [0.1, 0.15) is 17.1 Å². The number of hydrogen-bond donors (Lipinski definition) is 2. The van der Waals surface area contributed by atoms with Crippen molar-refractivity contribution in [1.82, 2.24) is 9.55 Å². The maximum absolute atomic E-state index is 10.4. The molecule has 114 valence electrons. The maximum atomic E-state index is 10.4. The maximum Gasteiger partial charge on any atom is 0.146 e. The Kier molecular flexibility index (Phi) is 3.86. The fourth-order valence-corrected chi connectivity index (χ4v) is 2.74. The van der Waals surface area contributed by atoms with Gasteiger partial charge in [-0.3, -0.25) is 0 Å². The number of aliphatic hydroxyl groups is 1. The average molecular weight is 296 g/mol. The molecule has 4 heteroatoms. The number of aryl methyl sites for hydroxylation is 3. The first-order valence-corrected chi connectivity index (χ1v) is 7.45. The van der Waals surface area contributed by atoms with Gasteiger partial charge in [-0.15, -0.1) is 0 Å². The Morgan fingerprint density at radius 2 is 1.86 bits per heavy atom. The number of imidazole rings is 1. The molecule has 1 aromatic heterocycles. The number of hydrogen-bond acceptors (Lipinski definition) is 3. The van der Waals surface area contributed by atoms with E-state index in [9.17, 15) is 10.2 Å². The van der Waals surface area contributed by atoms with E-state index in [-0.39, 0.29) is 5.75 Å². The number of aromatic nitrogens is 2. The number of phenolic OH excluding ortho intramolecular Hbond substituents is 1. The molecule has 1 heterocycles. The molecule has 1 unspecified atom stereocenters. The summed E-state index contributed by atoms with van der Waals surface area (Å²) in [6, 6.07) is 13.5. The molecule has 22 heavy (non-hydrogen) atoms. The van der Waals surface area contributed by atoms with Gasteiger partial charge in [0.2, 0.25) is 0 Å². The van der Waals surface area contributed by atoms with Crippen LogP contribution in [-0.2, 0) is 13.5 Å². The Bertz CT molecular complexity index is 794. The minimum atomic E-state index is -0.526. The third kappa shape index (κ3) is 2.57. The first-order valence-electron chi connectivity index (χ1n) is 7.45. The lowest BCUT2D eigenvalue weighted by Gasteiger charge is -2.11. The summed E-state index contributed by atoms with van der Waals surface area (Å²) in [6.07, 6.45) is 0.643. The van der Waals surface area contributed by atoms with Crippen LogP contribution >= 0.6 is 0 Å². The molecule has 0 saturated heterocycles. The number of nitrogens with zero attached hydrogens (tertiary/aromatic N) is 2. The molecule has 0 aliphatic heterocycles. The van der Waals surface area contributed by atoms with Gasteiger partial charge < -0.3 is 14.8 Å². The first kappa shape index (κ1) is 14.6. The number of fused-ring (bicyclic) bond motifs is 1. The highest BCUT2D eigenvalue weighted by atomic mass is 16.3. The van der Waals surface area contributed by atoms with Gasteiger partial charge in [-0.2, -0.15) is 0 Å². The monoisotopic (exact) mass is 296 g/mol. The molecule has 0 aliphatic carbocycles. The van der Waals surface area contributed by atoms with E-state index in [0.29, 0.717) is 18.4 Å². The predicted molar refractivity (Wildman–Crippen MR) is 86.8 cm³/mol. The minimum Gasteiger partial charge on any atom is -0.505 e.